The number of ketones is 1. The second kappa shape index (κ2) is 6.54. The molecule has 0 saturated heterocycles. The number of hydrogen-bond acceptors (Lipinski definition) is 4. The Morgan fingerprint density at radius 1 is 1.21 bits per heavy atom. The van der Waals surface area contributed by atoms with Crippen LogP contribution in [0.4, 0.5) is 0 Å². The second-order valence-corrected chi connectivity index (χ2v) is 7.21. The topological polar surface area (TPSA) is 91.9 Å². The maximum absolute atomic E-state index is 12.3. The third-order valence-electron chi connectivity index (χ3n) is 3.79. The number of aromatic amines is 1. The Balaban J connectivity index is 1.68. The van der Waals surface area contributed by atoms with Gasteiger partial charge in [0.15, 0.2) is 5.78 Å². The van der Waals surface area contributed by atoms with Crippen LogP contribution in [0.3, 0.4) is 0 Å². The molecule has 1 aromatic carbocycles. The number of carbonyl (C=O) groups excluding carboxylic acids is 1. The Morgan fingerprint density at radius 2 is 1.96 bits per heavy atom. The summed E-state index contributed by atoms with van der Waals surface area (Å²) in [6.45, 7) is 1.72. The van der Waals surface area contributed by atoms with Crippen LogP contribution in [0.1, 0.15) is 22.8 Å². The molecule has 0 saturated carbocycles. The van der Waals surface area contributed by atoms with Crippen molar-refractivity contribution in [1.29, 1.82) is 0 Å². The number of pyridine rings is 1. The van der Waals surface area contributed by atoms with Gasteiger partial charge < -0.3 is 4.98 Å². The first-order valence-corrected chi connectivity index (χ1v) is 8.97. The summed E-state index contributed by atoms with van der Waals surface area (Å²) in [5.41, 5.74) is 2.28. The quantitative estimate of drug-likeness (QED) is 0.672. The minimum Gasteiger partial charge on any atom is -0.346 e. The summed E-state index contributed by atoms with van der Waals surface area (Å²) in [5.74, 6) is -0.0974. The van der Waals surface area contributed by atoms with Gasteiger partial charge in [0.05, 0.1) is 4.90 Å². The van der Waals surface area contributed by atoms with Crippen LogP contribution in [0.25, 0.3) is 11.0 Å². The molecule has 0 fully saturated rings. The van der Waals surface area contributed by atoms with Crippen molar-refractivity contribution in [2.75, 3.05) is 6.54 Å². The van der Waals surface area contributed by atoms with Crippen molar-refractivity contribution in [2.45, 2.75) is 18.2 Å². The van der Waals surface area contributed by atoms with Crippen molar-refractivity contribution in [1.82, 2.24) is 14.7 Å². The number of benzene rings is 1. The van der Waals surface area contributed by atoms with Crippen molar-refractivity contribution in [3.63, 3.8) is 0 Å². The van der Waals surface area contributed by atoms with E-state index in [9.17, 15) is 13.2 Å². The predicted molar refractivity (Wildman–Crippen MR) is 91.4 cm³/mol. The normalized spacial score (nSPS) is 11.7. The number of rotatable bonds is 6. The summed E-state index contributed by atoms with van der Waals surface area (Å²) in [4.78, 5) is 18.7. The molecule has 0 spiro atoms. The maximum Gasteiger partial charge on any atom is 0.240 e. The van der Waals surface area contributed by atoms with Gasteiger partial charge in [0, 0.05) is 29.9 Å². The van der Waals surface area contributed by atoms with Crippen molar-refractivity contribution in [2.24, 2.45) is 0 Å². The van der Waals surface area contributed by atoms with E-state index in [0.29, 0.717) is 12.0 Å². The summed E-state index contributed by atoms with van der Waals surface area (Å²) in [7, 11) is -3.60. The van der Waals surface area contributed by atoms with Gasteiger partial charge in [-0.2, -0.15) is 0 Å². The molecule has 0 unspecified atom stereocenters. The molecule has 2 aromatic heterocycles. The first-order chi connectivity index (χ1) is 11.5. The lowest BCUT2D eigenvalue weighted by Gasteiger charge is -2.07. The van der Waals surface area contributed by atoms with E-state index in [4.69, 9.17) is 0 Å². The van der Waals surface area contributed by atoms with E-state index in [1.807, 2.05) is 18.3 Å². The number of aromatic nitrogens is 2. The fraction of sp³-hybridized carbons (Fsp3) is 0.176. The van der Waals surface area contributed by atoms with E-state index < -0.39 is 10.0 Å². The molecule has 0 bridgehead atoms. The summed E-state index contributed by atoms with van der Waals surface area (Å²) in [6.07, 6.45) is 4.10. The molecule has 2 N–H and O–H groups in total. The number of Topliss-reactive ketones (excluding diaryl/α,β-unsaturated/α-hetero) is 1. The molecule has 0 radical (unpaired) electrons. The van der Waals surface area contributed by atoms with Crippen molar-refractivity contribution < 1.29 is 13.2 Å². The van der Waals surface area contributed by atoms with Gasteiger partial charge >= 0.3 is 0 Å². The lowest BCUT2D eigenvalue weighted by molar-refractivity contribution is 0.101. The van der Waals surface area contributed by atoms with Crippen LogP contribution in [-0.4, -0.2) is 30.7 Å². The fourth-order valence-corrected chi connectivity index (χ4v) is 3.52. The van der Waals surface area contributed by atoms with E-state index in [0.717, 1.165) is 16.6 Å². The number of nitrogens with one attached hydrogen (secondary N) is 2. The Bertz CT molecular complexity index is 976. The fourth-order valence-electron chi connectivity index (χ4n) is 2.49. The molecular formula is C17H17N3O3S. The molecule has 0 aliphatic heterocycles. The smallest absolute Gasteiger partial charge is 0.240 e. The molecule has 2 heterocycles. The highest BCUT2D eigenvalue weighted by Gasteiger charge is 2.14. The number of fused-ring (bicyclic) bond motifs is 1. The van der Waals surface area contributed by atoms with Crippen molar-refractivity contribution in [3.05, 3.63) is 59.9 Å². The van der Waals surface area contributed by atoms with Gasteiger partial charge in [-0.25, -0.2) is 18.1 Å². The molecule has 7 heteroatoms. The standard InChI is InChI=1S/C17H17N3O3S/c1-12(21)13-4-6-15(7-5-13)24(22,23)20-10-8-14-11-19-17-16(14)3-2-9-18-17/h2-7,9,11,20H,8,10H2,1H3,(H,18,19). The molecule has 124 valence electrons. The molecule has 3 aromatic rings. The van der Waals surface area contributed by atoms with Gasteiger partial charge in [0.1, 0.15) is 5.65 Å². The monoisotopic (exact) mass is 343 g/mol. The van der Waals surface area contributed by atoms with Gasteiger partial charge in [-0.15, -0.1) is 0 Å². The Labute approximate surface area is 140 Å². The second-order valence-electron chi connectivity index (χ2n) is 5.44. The molecule has 0 aliphatic carbocycles. The molecular weight excluding hydrogens is 326 g/mol. The number of H-pyrrole nitrogens is 1. The minimum atomic E-state index is -3.60. The molecule has 0 amide bonds. The largest absolute Gasteiger partial charge is 0.346 e. The summed E-state index contributed by atoms with van der Waals surface area (Å²) in [5, 5.41) is 0.988. The van der Waals surface area contributed by atoms with Crippen LogP contribution in [0.5, 0.6) is 0 Å². The number of hydrogen-bond donors (Lipinski definition) is 2. The van der Waals surface area contributed by atoms with E-state index in [1.54, 1.807) is 6.20 Å². The van der Waals surface area contributed by atoms with Crippen LogP contribution in [0.15, 0.2) is 53.7 Å². The zero-order chi connectivity index (χ0) is 17.2. The van der Waals surface area contributed by atoms with E-state index in [-0.39, 0.29) is 17.2 Å². The third kappa shape index (κ3) is 3.37. The number of sulfonamides is 1. The highest BCUT2D eigenvalue weighted by molar-refractivity contribution is 7.89. The van der Waals surface area contributed by atoms with Crippen LogP contribution in [0.2, 0.25) is 0 Å². The van der Waals surface area contributed by atoms with Gasteiger partial charge in [0.2, 0.25) is 10.0 Å². The third-order valence-corrected chi connectivity index (χ3v) is 5.27. The molecule has 24 heavy (non-hydrogen) atoms. The van der Waals surface area contributed by atoms with Crippen LogP contribution >= 0.6 is 0 Å². The van der Waals surface area contributed by atoms with Gasteiger partial charge in [-0.05, 0) is 43.2 Å². The highest BCUT2D eigenvalue weighted by Crippen LogP contribution is 2.16. The van der Waals surface area contributed by atoms with Crippen LogP contribution in [0, 0.1) is 0 Å². The summed E-state index contributed by atoms with van der Waals surface area (Å²) >= 11 is 0. The minimum absolute atomic E-state index is 0.0974. The van der Waals surface area contributed by atoms with Crippen LogP contribution in [-0.2, 0) is 16.4 Å². The average Bonchev–Trinajstić information content (AvgIpc) is 2.98. The summed E-state index contributed by atoms with van der Waals surface area (Å²) < 4.78 is 27.2. The van der Waals surface area contributed by atoms with Crippen molar-refractivity contribution >= 4 is 26.8 Å². The van der Waals surface area contributed by atoms with Gasteiger partial charge in [0.25, 0.3) is 0 Å². The zero-order valence-corrected chi connectivity index (χ0v) is 13.9. The first kappa shape index (κ1) is 16.4. The average molecular weight is 343 g/mol. The lowest BCUT2D eigenvalue weighted by atomic mass is 10.2. The predicted octanol–water partition coefficient (Wildman–Crippen LogP) is 2.29. The maximum atomic E-state index is 12.3. The molecule has 0 atom stereocenters. The number of nitrogens with zero attached hydrogens (tertiary/aromatic N) is 1. The van der Waals surface area contributed by atoms with E-state index in [2.05, 4.69) is 14.7 Å². The Hall–Kier alpha value is -2.51. The van der Waals surface area contributed by atoms with E-state index in [1.165, 1.54) is 31.2 Å². The SMILES string of the molecule is CC(=O)c1ccc(S(=O)(=O)NCCc2c[nH]c3ncccc23)cc1. The Kier molecular flexibility index (Phi) is 4.46. The number of carbonyl (C=O) groups is 1. The highest BCUT2D eigenvalue weighted by atomic mass is 32.2. The molecule has 6 nitrogen and oxygen atoms in total. The Morgan fingerprint density at radius 3 is 2.67 bits per heavy atom. The summed E-state index contributed by atoms with van der Waals surface area (Å²) in [6, 6.07) is 9.71. The van der Waals surface area contributed by atoms with Gasteiger partial charge in [-0.1, -0.05) is 12.1 Å². The van der Waals surface area contributed by atoms with Crippen LogP contribution < -0.4 is 4.72 Å². The molecule has 3 rings (SSSR count). The lowest BCUT2D eigenvalue weighted by Crippen LogP contribution is -2.26. The molecule has 0 aliphatic rings. The zero-order valence-electron chi connectivity index (χ0n) is 13.1. The van der Waals surface area contributed by atoms with Crippen molar-refractivity contribution in [3.8, 4) is 0 Å². The van der Waals surface area contributed by atoms with Gasteiger partial charge in [-0.3, -0.25) is 4.79 Å². The first-order valence-electron chi connectivity index (χ1n) is 7.49. The van der Waals surface area contributed by atoms with E-state index >= 15 is 0 Å².